The zero-order valence-electron chi connectivity index (χ0n) is 7.40. The minimum absolute atomic E-state index is 1.04. The Bertz CT molecular complexity index is 151. The Morgan fingerprint density at radius 3 is 2.91 bits per heavy atom. The molecule has 0 N–H and O–H groups in total. The van der Waals surface area contributed by atoms with Crippen molar-refractivity contribution in [3.05, 3.63) is 23.8 Å². The van der Waals surface area contributed by atoms with Gasteiger partial charge in [0.2, 0.25) is 0 Å². The Labute approximate surface area is 70.0 Å². The molecular formula is C11H17. The zero-order valence-corrected chi connectivity index (χ0v) is 7.40. The van der Waals surface area contributed by atoms with E-state index in [1.807, 2.05) is 0 Å². The standard InChI is InChI=1S/C11H17/c1-2-3-4-5-8-11-9-6-7-10-11/h6,9H,2-5,7-8H2,1H3. The van der Waals surface area contributed by atoms with Crippen LogP contribution in [0.5, 0.6) is 0 Å². The van der Waals surface area contributed by atoms with E-state index in [1.165, 1.54) is 37.7 Å². The van der Waals surface area contributed by atoms with Crippen molar-refractivity contribution in [1.82, 2.24) is 0 Å². The lowest BCUT2D eigenvalue weighted by Gasteiger charge is -1.97. The first-order valence-electron chi connectivity index (χ1n) is 4.69. The Morgan fingerprint density at radius 1 is 1.36 bits per heavy atom. The molecule has 0 heterocycles. The molecule has 0 aromatic carbocycles. The summed E-state index contributed by atoms with van der Waals surface area (Å²) in [5.41, 5.74) is 1.43. The molecule has 0 bridgehead atoms. The summed E-state index contributed by atoms with van der Waals surface area (Å²) in [6.45, 7) is 2.25. The average molecular weight is 149 g/mol. The third-order valence-corrected chi connectivity index (χ3v) is 2.07. The van der Waals surface area contributed by atoms with Crippen LogP contribution in [0.2, 0.25) is 0 Å². The van der Waals surface area contributed by atoms with Crippen LogP contribution in [0.3, 0.4) is 0 Å². The van der Waals surface area contributed by atoms with E-state index in [2.05, 4.69) is 25.2 Å². The highest BCUT2D eigenvalue weighted by Gasteiger charge is 1.96. The van der Waals surface area contributed by atoms with Gasteiger partial charge in [-0.2, -0.15) is 0 Å². The minimum Gasteiger partial charge on any atom is -0.0798 e. The Morgan fingerprint density at radius 2 is 2.27 bits per heavy atom. The summed E-state index contributed by atoms with van der Waals surface area (Å²) in [4.78, 5) is 0. The Balaban J connectivity index is 1.99. The van der Waals surface area contributed by atoms with Crippen LogP contribution in [0.1, 0.15) is 45.4 Å². The van der Waals surface area contributed by atoms with Gasteiger partial charge >= 0.3 is 0 Å². The van der Waals surface area contributed by atoms with Gasteiger partial charge in [-0.1, -0.05) is 38.3 Å². The molecular weight excluding hydrogens is 132 g/mol. The molecule has 11 heavy (non-hydrogen) atoms. The normalized spacial score (nSPS) is 15.5. The number of allylic oxidation sites excluding steroid dienone is 4. The number of unbranched alkanes of at least 4 members (excludes halogenated alkanes) is 3. The van der Waals surface area contributed by atoms with Crippen molar-refractivity contribution in [2.75, 3.05) is 0 Å². The number of hydrogen-bond acceptors (Lipinski definition) is 0. The Kier molecular flexibility index (Phi) is 4.03. The van der Waals surface area contributed by atoms with Crippen molar-refractivity contribution in [2.24, 2.45) is 0 Å². The second-order valence-electron chi connectivity index (χ2n) is 3.12. The van der Waals surface area contributed by atoms with E-state index in [-0.39, 0.29) is 0 Å². The number of rotatable bonds is 5. The molecule has 0 fully saturated rings. The van der Waals surface area contributed by atoms with Gasteiger partial charge in [-0.05, 0) is 30.9 Å². The van der Waals surface area contributed by atoms with Crippen LogP contribution in [0, 0.1) is 6.08 Å². The summed E-state index contributed by atoms with van der Waals surface area (Å²) in [6.07, 6.45) is 15.5. The molecule has 1 rings (SSSR count). The highest BCUT2D eigenvalue weighted by molar-refractivity contribution is 5.21. The molecule has 61 valence electrons. The summed E-state index contributed by atoms with van der Waals surface area (Å²) in [5.74, 6) is 0. The lowest BCUT2D eigenvalue weighted by Crippen LogP contribution is -1.78. The molecule has 0 saturated carbocycles. The highest BCUT2D eigenvalue weighted by atomic mass is 14.0. The van der Waals surface area contributed by atoms with Gasteiger partial charge in [0.05, 0.1) is 0 Å². The molecule has 0 aromatic rings. The maximum absolute atomic E-state index is 3.34. The molecule has 1 aliphatic carbocycles. The van der Waals surface area contributed by atoms with Crippen LogP contribution in [-0.2, 0) is 0 Å². The predicted octanol–water partition coefficient (Wildman–Crippen LogP) is 3.65. The third kappa shape index (κ3) is 3.41. The second kappa shape index (κ2) is 5.17. The minimum atomic E-state index is 1.04. The lowest BCUT2D eigenvalue weighted by atomic mass is 10.1. The molecule has 0 aromatic heterocycles. The molecule has 0 amide bonds. The summed E-state index contributed by atoms with van der Waals surface area (Å²) in [7, 11) is 0. The smallest absolute Gasteiger partial charge is 0.00885 e. The first kappa shape index (κ1) is 8.58. The summed E-state index contributed by atoms with van der Waals surface area (Å²) in [5, 5.41) is 0. The van der Waals surface area contributed by atoms with Crippen molar-refractivity contribution >= 4 is 0 Å². The van der Waals surface area contributed by atoms with Crippen molar-refractivity contribution in [3.63, 3.8) is 0 Å². The molecule has 0 nitrogen and oxygen atoms in total. The van der Waals surface area contributed by atoms with Crippen LogP contribution >= 0.6 is 0 Å². The van der Waals surface area contributed by atoms with Crippen molar-refractivity contribution < 1.29 is 0 Å². The Hall–Kier alpha value is -0.520. The van der Waals surface area contributed by atoms with Gasteiger partial charge in [-0.15, -0.1) is 0 Å². The van der Waals surface area contributed by atoms with Gasteiger partial charge in [0, 0.05) is 0 Å². The van der Waals surface area contributed by atoms with Gasteiger partial charge < -0.3 is 0 Å². The molecule has 0 heteroatoms. The first-order chi connectivity index (χ1) is 5.43. The zero-order chi connectivity index (χ0) is 7.94. The maximum atomic E-state index is 3.34. The van der Waals surface area contributed by atoms with E-state index >= 15 is 0 Å². The SMILES string of the molecule is CCCCCCC1=[C]CC=C1. The van der Waals surface area contributed by atoms with Crippen LogP contribution in [0.4, 0.5) is 0 Å². The predicted molar refractivity (Wildman–Crippen MR) is 49.3 cm³/mol. The van der Waals surface area contributed by atoms with Crippen molar-refractivity contribution in [3.8, 4) is 0 Å². The largest absolute Gasteiger partial charge is 0.0798 e. The fraction of sp³-hybridized carbons (Fsp3) is 0.636. The van der Waals surface area contributed by atoms with E-state index < -0.39 is 0 Å². The lowest BCUT2D eigenvalue weighted by molar-refractivity contribution is 0.668. The monoisotopic (exact) mass is 149 g/mol. The third-order valence-electron chi connectivity index (χ3n) is 2.07. The summed E-state index contributed by atoms with van der Waals surface area (Å²) < 4.78 is 0. The summed E-state index contributed by atoms with van der Waals surface area (Å²) >= 11 is 0. The number of hydrogen-bond donors (Lipinski definition) is 0. The fourth-order valence-corrected chi connectivity index (χ4v) is 1.36. The quantitative estimate of drug-likeness (QED) is 0.523. The maximum Gasteiger partial charge on any atom is -0.00885 e. The van der Waals surface area contributed by atoms with Gasteiger partial charge in [0.1, 0.15) is 0 Å². The van der Waals surface area contributed by atoms with Gasteiger partial charge in [0.25, 0.3) is 0 Å². The van der Waals surface area contributed by atoms with E-state index in [9.17, 15) is 0 Å². The average Bonchev–Trinajstić information content (AvgIpc) is 2.50. The molecule has 0 atom stereocenters. The van der Waals surface area contributed by atoms with Crippen molar-refractivity contribution in [1.29, 1.82) is 0 Å². The van der Waals surface area contributed by atoms with Crippen LogP contribution in [0.15, 0.2) is 17.7 Å². The topological polar surface area (TPSA) is 0 Å². The summed E-state index contributed by atoms with van der Waals surface area (Å²) in [6, 6.07) is 0. The first-order valence-corrected chi connectivity index (χ1v) is 4.69. The molecule has 0 saturated heterocycles. The van der Waals surface area contributed by atoms with Gasteiger partial charge in [0.15, 0.2) is 0 Å². The highest BCUT2D eigenvalue weighted by Crippen LogP contribution is 2.15. The van der Waals surface area contributed by atoms with E-state index in [0.29, 0.717) is 0 Å². The fourth-order valence-electron chi connectivity index (χ4n) is 1.36. The molecule has 1 aliphatic rings. The molecule has 0 aliphatic heterocycles. The molecule has 1 radical (unpaired) electrons. The van der Waals surface area contributed by atoms with E-state index in [4.69, 9.17) is 0 Å². The van der Waals surface area contributed by atoms with Gasteiger partial charge in [-0.25, -0.2) is 0 Å². The van der Waals surface area contributed by atoms with Crippen molar-refractivity contribution in [2.45, 2.75) is 45.4 Å². The van der Waals surface area contributed by atoms with Crippen LogP contribution in [-0.4, -0.2) is 0 Å². The van der Waals surface area contributed by atoms with Crippen LogP contribution < -0.4 is 0 Å². The molecule has 0 spiro atoms. The molecule has 0 unspecified atom stereocenters. The van der Waals surface area contributed by atoms with E-state index in [0.717, 1.165) is 6.42 Å². The van der Waals surface area contributed by atoms with E-state index in [1.54, 1.807) is 0 Å². The second-order valence-corrected chi connectivity index (χ2v) is 3.12. The van der Waals surface area contributed by atoms with Crippen LogP contribution in [0.25, 0.3) is 0 Å². The van der Waals surface area contributed by atoms with Gasteiger partial charge in [-0.3, -0.25) is 0 Å².